The first-order chi connectivity index (χ1) is 9.85. The number of nitrogens with one attached hydrogen (secondary N) is 2. The van der Waals surface area contributed by atoms with E-state index < -0.39 is 0 Å². The summed E-state index contributed by atoms with van der Waals surface area (Å²) in [6.07, 6.45) is 3.42. The molecule has 1 heterocycles. The lowest BCUT2D eigenvalue weighted by molar-refractivity contribution is 0.350. The summed E-state index contributed by atoms with van der Waals surface area (Å²) in [4.78, 5) is 4.09. The van der Waals surface area contributed by atoms with Crippen molar-refractivity contribution in [3.05, 3.63) is 35.9 Å². The number of hydrogen-bond donors (Lipinski definition) is 2. The normalized spacial score (nSPS) is 10.5. The van der Waals surface area contributed by atoms with Crippen LogP contribution in [-0.4, -0.2) is 35.9 Å². The highest BCUT2D eigenvalue weighted by molar-refractivity contribution is 5.46. The van der Waals surface area contributed by atoms with Crippen LogP contribution in [0.2, 0.25) is 0 Å². The highest BCUT2D eigenvalue weighted by Crippen LogP contribution is 2.30. The lowest BCUT2D eigenvalue weighted by Crippen LogP contribution is -2.16. The van der Waals surface area contributed by atoms with Gasteiger partial charge in [-0.2, -0.15) is 5.10 Å². The van der Waals surface area contributed by atoms with Gasteiger partial charge in [0.2, 0.25) is 0 Å². The van der Waals surface area contributed by atoms with E-state index in [2.05, 4.69) is 20.5 Å². The molecule has 1 aromatic heterocycles. The molecule has 0 spiro atoms. The molecule has 6 nitrogen and oxygen atoms in total. The van der Waals surface area contributed by atoms with E-state index in [-0.39, 0.29) is 0 Å². The Bertz CT molecular complexity index is 514. The van der Waals surface area contributed by atoms with Gasteiger partial charge < -0.3 is 14.8 Å². The number of nitrogens with zero attached hydrogens (tertiary/aromatic N) is 2. The van der Waals surface area contributed by atoms with Gasteiger partial charge in [0.25, 0.3) is 0 Å². The Balaban J connectivity index is 1.79. The van der Waals surface area contributed by atoms with E-state index in [9.17, 15) is 0 Å². The Hall–Kier alpha value is -2.08. The molecule has 0 radical (unpaired) electrons. The molecule has 2 rings (SSSR count). The van der Waals surface area contributed by atoms with Crippen molar-refractivity contribution in [3.8, 4) is 11.5 Å². The van der Waals surface area contributed by atoms with E-state index in [1.165, 1.54) is 6.33 Å². The van der Waals surface area contributed by atoms with Crippen LogP contribution < -0.4 is 14.8 Å². The Morgan fingerprint density at radius 1 is 1.25 bits per heavy atom. The standard InChI is InChI=1S/C14H20N4O2/c1-19-12-6-3-5-11(14(12)20-2)9-15-8-4-7-13-16-10-17-18-13/h3,5-6,10,15H,4,7-9H2,1-2H3,(H,16,17,18). The lowest BCUT2D eigenvalue weighted by Gasteiger charge is -2.13. The number of hydrogen-bond acceptors (Lipinski definition) is 5. The summed E-state index contributed by atoms with van der Waals surface area (Å²) in [6.45, 7) is 1.65. The first-order valence-corrected chi connectivity index (χ1v) is 6.60. The van der Waals surface area contributed by atoms with E-state index in [1.807, 2.05) is 18.2 Å². The summed E-state index contributed by atoms with van der Waals surface area (Å²) < 4.78 is 10.7. The molecule has 0 fully saturated rings. The third-order valence-electron chi connectivity index (χ3n) is 3.03. The molecule has 0 saturated carbocycles. The Kier molecular flexibility index (Phi) is 5.37. The van der Waals surface area contributed by atoms with Gasteiger partial charge >= 0.3 is 0 Å². The number of rotatable bonds is 8. The van der Waals surface area contributed by atoms with Gasteiger partial charge in [0, 0.05) is 18.5 Å². The number of aromatic amines is 1. The molecule has 0 aliphatic rings. The molecule has 0 aliphatic carbocycles. The van der Waals surface area contributed by atoms with Crippen LogP contribution in [0.1, 0.15) is 17.8 Å². The van der Waals surface area contributed by atoms with Crippen LogP contribution >= 0.6 is 0 Å². The SMILES string of the molecule is COc1cccc(CNCCCc2ncn[nH]2)c1OC. The van der Waals surface area contributed by atoms with Gasteiger partial charge in [0.15, 0.2) is 11.5 Å². The smallest absolute Gasteiger partial charge is 0.165 e. The van der Waals surface area contributed by atoms with Gasteiger partial charge in [-0.15, -0.1) is 0 Å². The minimum Gasteiger partial charge on any atom is -0.493 e. The Labute approximate surface area is 118 Å². The maximum Gasteiger partial charge on any atom is 0.165 e. The number of aryl methyl sites for hydroxylation is 1. The van der Waals surface area contributed by atoms with Crippen LogP contribution in [0.5, 0.6) is 11.5 Å². The fourth-order valence-electron chi connectivity index (χ4n) is 2.05. The molecule has 0 saturated heterocycles. The molecule has 0 amide bonds. The molecule has 6 heteroatoms. The summed E-state index contributed by atoms with van der Waals surface area (Å²) >= 11 is 0. The monoisotopic (exact) mass is 276 g/mol. The summed E-state index contributed by atoms with van der Waals surface area (Å²) in [7, 11) is 3.30. The zero-order valence-electron chi connectivity index (χ0n) is 11.8. The highest BCUT2D eigenvalue weighted by atomic mass is 16.5. The first-order valence-electron chi connectivity index (χ1n) is 6.60. The second-order valence-corrected chi connectivity index (χ2v) is 4.37. The first kappa shape index (κ1) is 14.3. The summed E-state index contributed by atoms with van der Waals surface area (Å²) in [6, 6.07) is 5.89. The van der Waals surface area contributed by atoms with E-state index in [4.69, 9.17) is 9.47 Å². The zero-order chi connectivity index (χ0) is 14.2. The van der Waals surface area contributed by atoms with E-state index >= 15 is 0 Å². The van der Waals surface area contributed by atoms with Crippen LogP contribution in [0.15, 0.2) is 24.5 Å². The fourth-order valence-corrected chi connectivity index (χ4v) is 2.05. The van der Waals surface area contributed by atoms with Crippen LogP contribution in [-0.2, 0) is 13.0 Å². The number of H-pyrrole nitrogens is 1. The van der Waals surface area contributed by atoms with Gasteiger partial charge in [-0.3, -0.25) is 5.10 Å². The van der Waals surface area contributed by atoms with Gasteiger partial charge in [-0.25, -0.2) is 4.98 Å². The molecule has 0 bridgehead atoms. The minimum atomic E-state index is 0.747. The topological polar surface area (TPSA) is 72.1 Å². The molecular weight excluding hydrogens is 256 g/mol. The van der Waals surface area contributed by atoms with E-state index in [1.54, 1.807) is 14.2 Å². The second kappa shape index (κ2) is 7.49. The Morgan fingerprint density at radius 2 is 2.15 bits per heavy atom. The van der Waals surface area contributed by atoms with Crippen molar-refractivity contribution in [2.24, 2.45) is 0 Å². The van der Waals surface area contributed by atoms with Gasteiger partial charge in [-0.05, 0) is 19.0 Å². The molecule has 0 unspecified atom stereocenters. The van der Waals surface area contributed by atoms with E-state index in [0.717, 1.165) is 48.8 Å². The largest absolute Gasteiger partial charge is 0.493 e. The van der Waals surface area contributed by atoms with Crippen molar-refractivity contribution in [3.63, 3.8) is 0 Å². The zero-order valence-corrected chi connectivity index (χ0v) is 11.8. The number of aromatic nitrogens is 3. The maximum atomic E-state index is 5.40. The third-order valence-corrected chi connectivity index (χ3v) is 3.03. The average Bonchev–Trinajstić information content (AvgIpc) is 2.99. The number of methoxy groups -OCH3 is 2. The maximum absolute atomic E-state index is 5.40. The summed E-state index contributed by atoms with van der Waals surface area (Å²) in [5.74, 6) is 2.47. The van der Waals surface area contributed by atoms with Gasteiger partial charge in [-0.1, -0.05) is 12.1 Å². The molecule has 1 aromatic carbocycles. The number of ether oxygens (including phenoxy) is 2. The molecule has 2 N–H and O–H groups in total. The van der Waals surface area contributed by atoms with Crippen LogP contribution in [0.3, 0.4) is 0 Å². The third kappa shape index (κ3) is 3.71. The molecule has 0 aliphatic heterocycles. The van der Waals surface area contributed by atoms with E-state index in [0.29, 0.717) is 0 Å². The van der Waals surface area contributed by atoms with Crippen molar-refractivity contribution in [1.82, 2.24) is 20.5 Å². The quantitative estimate of drug-likeness (QED) is 0.716. The molecular formula is C14H20N4O2. The van der Waals surface area contributed by atoms with Crippen molar-refractivity contribution in [2.75, 3.05) is 20.8 Å². The van der Waals surface area contributed by atoms with Gasteiger partial charge in [0.05, 0.1) is 14.2 Å². The lowest BCUT2D eigenvalue weighted by atomic mass is 10.2. The van der Waals surface area contributed by atoms with Crippen LogP contribution in [0.25, 0.3) is 0 Å². The molecule has 20 heavy (non-hydrogen) atoms. The van der Waals surface area contributed by atoms with Crippen LogP contribution in [0.4, 0.5) is 0 Å². The van der Waals surface area contributed by atoms with Crippen molar-refractivity contribution >= 4 is 0 Å². The second-order valence-electron chi connectivity index (χ2n) is 4.37. The van der Waals surface area contributed by atoms with Crippen molar-refractivity contribution < 1.29 is 9.47 Å². The highest BCUT2D eigenvalue weighted by Gasteiger charge is 2.08. The average molecular weight is 276 g/mol. The summed E-state index contributed by atoms with van der Waals surface area (Å²) in [5.41, 5.74) is 1.09. The molecule has 2 aromatic rings. The predicted octanol–water partition coefficient (Wildman–Crippen LogP) is 1.54. The van der Waals surface area contributed by atoms with Crippen molar-refractivity contribution in [1.29, 1.82) is 0 Å². The molecule has 108 valence electrons. The number of para-hydroxylation sites is 1. The van der Waals surface area contributed by atoms with Crippen molar-refractivity contribution in [2.45, 2.75) is 19.4 Å². The van der Waals surface area contributed by atoms with Gasteiger partial charge in [0.1, 0.15) is 12.2 Å². The van der Waals surface area contributed by atoms with Crippen LogP contribution in [0, 0.1) is 0 Å². The summed E-state index contributed by atoms with van der Waals surface area (Å²) in [5, 5.41) is 10.1. The molecule has 0 atom stereocenters. The Morgan fingerprint density at radius 3 is 2.85 bits per heavy atom. The predicted molar refractivity (Wildman–Crippen MR) is 76.0 cm³/mol. The fraction of sp³-hybridized carbons (Fsp3) is 0.429. The number of benzene rings is 1. The minimum absolute atomic E-state index is 0.747.